The van der Waals surface area contributed by atoms with Crippen LogP contribution < -0.4 is 10.0 Å². The van der Waals surface area contributed by atoms with Crippen molar-refractivity contribution in [1.82, 2.24) is 4.72 Å². The van der Waals surface area contributed by atoms with E-state index in [0.717, 1.165) is 0 Å². The van der Waals surface area contributed by atoms with E-state index in [9.17, 15) is 13.2 Å². The molecule has 0 spiro atoms. The summed E-state index contributed by atoms with van der Waals surface area (Å²) in [4.78, 5) is 12.1. The van der Waals surface area contributed by atoms with Crippen LogP contribution in [0.25, 0.3) is 0 Å². The van der Waals surface area contributed by atoms with Crippen molar-refractivity contribution in [2.75, 3.05) is 19.0 Å². The van der Waals surface area contributed by atoms with Gasteiger partial charge in [0.05, 0.1) is 17.1 Å². The maximum atomic E-state index is 12.2. The lowest BCUT2D eigenvalue weighted by Crippen LogP contribution is -2.35. The smallest absolute Gasteiger partial charge is 0.256 e. The topological polar surface area (TPSA) is 84.5 Å². The third-order valence-electron chi connectivity index (χ3n) is 2.98. The highest BCUT2D eigenvalue weighted by Crippen LogP contribution is 2.16. The first-order chi connectivity index (χ1) is 10.9. The zero-order valence-electron chi connectivity index (χ0n) is 12.8. The summed E-state index contributed by atoms with van der Waals surface area (Å²) in [5, 5.41) is 6.28. The molecule has 124 valence electrons. The number of anilines is 1. The quantitative estimate of drug-likeness (QED) is 0.799. The second-order valence-electron chi connectivity index (χ2n) is 4.97. The Kier molecular flexibility index (Phi) is 5.89. The average molecular weight is 354 g/mol. The fraction of sp³-hybridized carbons (Fsp3) is 0.267. The van der Waals surface area contributed by atoms with Crippen molar-refractivity contribution in [1.29, 1.82) is 0 Å². The molecule has 0 bridgehead atoms. The molecule has 2 aromatic rings. The molecule has 1 atom stereocenters. The van der Waals surface area contributed by atoms with E-state index in [1.54, 1.807) is 30.5 Å². The van der Waals surface area contributed by atoms with Crippen molar-refractivity contribution in [2.45, 2.75) is 17.9 Å². The highest BCUT2D eigenvalue weighted by Gasteiger charge is 2.17. The number of amides is 1. The number of methoxy groups -OCH3 is 1. The summed E-state index contributed by atoms with van der Waals surface area (Å²) in [6.45, 7) is 2.00. The predicted octanol–water partition coefficient (Wildman–Crippen LogP) is 2.31. The van der Waals surface area contributed by atoms with Crippen molar-refractivity contribution >= 4 is 33.0 Å². The van der Waals surface area contributed by atoms with E-state index in [4.69, 9.17) is 4.74 Å². The average Bonchev–Trinajstić information content (AvgIpc) is 3.01. The molecule has 2 rings (SSSR count). The van der Waals surface area contributed by atoms with Gasteiger partial charge in [0.15, 0.2) is 0 Å². The number of sulfonamides is 1. The first-order valence-corrected chi connectivity index (χ1v) is 9.30. The van der Waals surface area contributed by atoms with Gasteiger partial charge in [-0.1, -0.05) is 0 Å². The maximum absolute atomic E-state index is 12.2. The monoisotopic (exact) mass is 354 g/mol. The fourth-order valence-corrected chi connectivity index (χ4v) is 3.80. The molecule has 0 radical (unpaired) electrons. The molecule has 0 aliphatic heterocycles. The van der Waals surface area contributed by atoms with Crippen LogP contribution in [0.1, 0.15) is 17.3 Å². The Hall–Kier alpha value is -1.74. The summed E-state index contributed by atoms with van der Waals surface area (Å²) in [5.41, 5.74) is 1.10. The lowest BCUT2D eigenvalue weighted by atomic mass is 10.3. The number of benzene rings is 1. The number of ether oxygens (including phenoxy) is 1. The standard InChI is InChI=1S/C15H18N2O4S2/c1-11(9-21-2)17-23(19,20)14-5-3-13(4-6-14)16-15(18)12-7-8-22-10-12/h3-8,10-11,17H,9H2,1-2H3,(H,16,18). The molecule has 8 heteroatoms. The van der Waals surface area contributed by atoms with Gasteiger partial charge in [-0.15, -0.1) is 0 Å². The molecule has 1 amide bonds. The van der Waals surface area contributed by atoms with Crippen molar-refractivity contribution < 1.29 is 17.9 Å². The Balaban J connectivity index is 2.05. The number of carbonyl (C=O) groups excluding carboxylic acids is 1. The molecule has 1 heterocycles. The zero-order chi connectivity index (χ0) is 16.9. The summed E-state index contributed by atoms with van der Waals surface area (Å²) >= 11 is 1.44. The molecule has 1 unspecified atom stereocenters. The van der Waals surface area contributed by atoms with Crippen LogP contribution in [-0.4, -0.2) is 34.1 Å². The molecular formula is C15H18N2O4S2. The van der Waals surface area contributed by atoms with Crippen LogP contribution in [0.15, 0.2) is 46.0 Å². The zero-order valence-corrected chi connectivity index (χ0v) is 14.4. The second-order valence-corrected chi connectivity index (χ2v) is 7.46. The molecule has 0 aliphatic carbocycles. The van der Waals surface area contributed by atoms with E-state index in [2.05, 4.69) is 10.0 Å². The Morgan fingerprint density at radius 3 is 2.52 bits per heavy atom. The van der Waals surface area contributed by atoms with E-state index in [0.29, 0.717) is 11.3 Å². The maximum Gasteiger partial charge on any atom is 0.256 e. The van der Waals surface area contributed by atoms with Crippen molar-refractivity contribution in [2.24, 2.45) is 0 Å². The van der Waals surface area contributed by atoms with E-state index in [1.165, 1.54) is 30.6 Å². The van der Waals surface area contributed by atoms with Gasteiger partial charge in [-0.25, -0.2) is 13.1 Å². The highest BCUT2D eigenvalue weighted by atomic mass is 32.2. The molecule has 2 N–H and O–H groups in total. The third-order valence-corrected chi connectivity index (χ3v) is 5.27. The normalized spacial score (nSPS) is 12.8. The van der Waals surface area contributed by atoms with Gasteiger partial charge in [-0.3, -0.25) is 4.79 Å². The van der Waals surface area contributed by atoms with E-state index in [-0.39, 0.29) is 23.5 Å². The fourth-order valence-electron chi connectivity index (χ4n) is 1.93. The van der Waals surface area contributed by atoms with Gasteiger partial charge < -0.3 is 10.1 Å². The lowest BCUT2D eigenvalue weighted by molar-refractivity contribution is 0.102. The van der Waals surface area contributed by atoms with Crippen LogP contribution >= 0.6 is 11.3 Å². The van der Waals surface area contributed by atoms with Crippen LogP contribution in [0.3, 0.4) is 0 Å². The summed E-state index contributed by atoms with van der Waals surface area (Å²) in [6, 6.07) is 7.40. The van der Waals surface area contributed by atoms with E-state index in [1.807, 2.05) is 5.38 Å². The molecule has 1 aromatic heterocycles. The van der Waals surface area contributed by atoms with Crippen molar-refractivity contribution in [3.8, 4) is 0 Å². The molecular weight excluding hydrogens is 336 g/mol. The molecule has 0 saturated carbocycles. The summed E-state index contributed by atoms with van der Waals surface area (Å²) in [7, 11) is -2.10. The number of hydrogen-bond donors (Lipinski definition) is 2. The first kappa shape index (κ1) is 17.6. The van der Waals surface area contributed by atoms with Crippen LogP contribution in [-0.2, 0) is 14.8 Å². The highest BCUT2D eigenvalue weighted by molar-refractivity contribution is 7.89. The van der Waals surface area contributed by atoms with Gasteiger partial charge in [-0.05, 0) is 42.6 Å². The minimum absolute atomic E-state index is 0.133. The lowest BCUT2D eigenvalue weighted by Gasteiger charge is -2.13. The van der Waals surface area contributed by atoms with Gasteiger partial charge in [-0.2, -0.15) is 11.3 Å². The van der Waals surface area contributed by atoms with Gasteiger partial charge in [0.1, 0.15) is 0 Å². The largest absolute Gasteiger partial charge is 0.383 e. The second kappa shape index (κ2) is 7.69. The number of nitrogens with one attached hydrogen (secondary N) is 2. The molecule has 23 heavy (non-hydrogen) atoms. The van der Waals surface area contributed by atoms with Crippen LogP contribution in [0, 0.1) is 0 Å². The first-order valence-electron chi connectivity index (χ1n) is 6.87. The number of carbonyl (C=O) groups is 1. The summed E-state index contributed by atoms with van der Waals surface area (Å²) in [5.74, 6) is -0.228. The Labute approximate surface area is 139 Å². The Morgan fingerprint density at radius 2 is 1.96 bits per heavy atom. The molecule has 1 aromatic carbocycles. The van der Waals surface area contributed by atoms with E-state index < -0.39 is 10.0 Å². The molecule has 6 nitrogen and oxygen atoms in total. The van der Waals surface area contributed by atoms with Gasteiger partial charge in [0, 0.05) is 24.2 Å². The predicted molar refractivity (Wildman–Crippen MR) is 90.4 cm³/mol. The summed E-state index contributed by atoms with van der Waals surface area (Å²) in [6.07, 6.45) is 0. The van der Waals surface area contributed by atoms with Crippen LogP contribution in [0.4, 0.5) is 5.69 Å². The number of hydrogen-bond acceptors (Lipinski definition) is 5. The molecule has 0 saturated heterocycles. The number of thiophene rings is 1. The number of rotatable bonds is 7. The van der Waals surface area contributed by atoms with E-state index >= 15 is 0 Å². The Morgan fingerprint density at radius 1 is 1.26 bits per heavy atom. The SMILES string of the molecule is COCC(C)NS(=O)(=O)c1ccc(NC(=O)c2ccsc2)cc1. The van der Waals surface area contributed by atoms with Gasteiger partial charge >= 0.3 is 0 Å². The van der Waals surface area contributed by atoms with Crippen LogP contribution in [0.5, 0.6) is 0 Å². The minimum atomic E-state index is -3.61. The summed E-state index contributed by atoms with van der Waals surface area (Å²) < 4.78 is 31.8. The third kappa shape index (κ3) is 4.87. The molecule has 0 fully saturated rings. The van der Waals surface area contributed by atoms with Crippen molar-refractivity contribution in [3.63, 3.8) is 0 Å². The van der Waals surface area contributed by atoms with Gasteiger partial charge in [0.2, 0.25) is 10.0 Å². The minimum Gasteiger partial charge on any atom is -0.383 e. The van der Waals surface area contributed by atoms with Crippen molar-refractivity contribution in [3.05, 3.63) is 46.7 Å². The van der Waals surface area contributed by atoms with Crippen LogP contribution in [0.2, 0.25) is 0 Å². The van der Waals surface area contributed by atoms with Gasteiger partial charge in [0.25, 0.3) is 5.91 Å². The Bertz CT molecular complexity index is 740. The molecule has 0 aliphatic rings.